The molecule has 1 atom stereocenters. The molecule has 9 heteroatoms. The number of benzene rings is 2. The van der Waals surface area contributed by atoms with Gasteiger partial charge in [0.2, 0.25) is 0 Å². The molecule has 1 heterocycles. The monoisotopic (exact) mass is 407 g/mol. The molecule has 4 nitrogen and oxygen atoms in total. The minimum Gasteiger partial charge on any atom is -0.489 e. The molecule has 0 bridgehead atoms. The Labute approximate surface area is 155 Å². The summed E-state index contributed by atoms with van der Waals surface area (Å²) in [5, 5.41) is 3.07. The van der Waals surface area contributed by atoms with Crippen LogP contribution in [-0.4, -0.2) is 27.3 Å². The van der Waals surface area contributed by atoms with Crippen LogP contribution >= 0.6 is 12.4 Å². The van der Waals surface area contributed by atoms with Crippen molar-refractivity contribution in [3.05, 3.63) is 59.4 Å². The molecule has 0 saturated carbocycles. The third-order valence-corrected chi connectivity index (χ3v) is 5.82. The van der Waals surface area contributed by atoms with Gasteiger partial charge in [-0.15, -0.1) is 12.4 Å². The zero-order chi connectivity index (χ0) is 18.0. The summed E-state index contributed by atoms with van der Waals surface area (Å²) in [7, 11) is -3.40. The number of fused-ring (bicyclic) bond motifs is 1. The third-order valence-electron chi connectivity index (χ3n) is 4.00. The number of halogens is 4. The Bertz CT molecular complexity index is 893. The van der Waals surface area contributed by atoms with Crippen molar-refractivity contribution in [2.24, 2.45) is 0 Å². The molecule has 0 spiro atoms. The van der Waals surface area contributed by atoms with Gasteiger partial charge in [0, 0.05) is 18.7 Å². The molecule has 26 heavy (non-hydrogen) atoms. The highest BCUT2D eigenvalue weighted by Gasteiger charge is 2.30. The SMILES string of the molecule is Cl.O=S1(=O)CCC(NCCOc2cc(F)ccc2F)c2cc(F)ccc21. The van der Waals surface area contributed by atoms with Crippen LogP contribution in [0.1, 0.15) is 18.0 Å². The van der Waals surface area contributed by atoms with Crippen molar-refractivity contribution in [3.63, 3.8) is 0 Å². The van der Waals surface area contributed by atoms with Crippen LogP contribution in [0.25, 0.3) is 0 Å². The smallest absolute Gasteiger partial charge is 0.178 e. The van der Waals surface area contributed by atoms with Gasteiger partial charge < -0.3 is 10.1 Å². The fourth-order valence-corrected chi connectivity index (χ4v) is 4.41. The molecule has 0 saturated heterocycles. The Hall–Kier alpha value is -1.77. The topological polar surface area (TPSA) is 55.4 Å². The van der Waals surface area contributed by atoms with Crippen LogP contribution in [0.2, 0.25) is 0 Å². The van der Waals surface area contributed by atoms with Crippen LogP contribution in [0.4, 0.5) is 13.2 Å². The van der Waals surface area contributed by atoms with Crippen molar-refractivity contribution in [2.45, 2.75) is 17.4 Å². The molecule has 1 aliphatic rings. The summed E-state index contributed by atoms with van der Waals surface area (Å²) in [5.41, 5.74) is 0.378. The van der Waals surface area contributed by atoms with E-state index in [-0.39, 0.29) is 48.0 Å². The highest BCUT2D eigenvalue weighted by atomic mass is 35.5. The van der Waals surface area contributed by atoms with Crippen molar-refractivity contribution >= 4 is 22.2 Å². The van der Waals surface area contributed by atoms with E-state index in [1.807, 2.05) is 0 Å². The molecular formula is C17H17ClF3NO3S. The minimum absolute atomic E-state index is 0. The first-order valence-corrected chi connectivity index (χ1v) is 9.35. The fraction of sp³-hybridized carbons (Fsp3) is 0.294. The summed E-state index contributed by atoms with van der Waals surface area (Å²) < 4.78 is 69.3. The van der Waals surface area contributed by atoms with Crippen molar-refractivity contribution in [1.82, 2.24) is 5.32 Å². The van der Waals surface area contributed by atoms with Gasteiger partial charge in [0.1, 0.15) is 18.2 Å². The maximum absolute atomic E-state index is 13.5. The number of nitrogens with one attached hydrogen (secondary N) is 1. The molecule has 3 rings (SSSR count). The van der Waals surface area contributed by atoms with Crippen LogP contribution in [0.15, 0.2) is 41.3 Å². The third kappa shape index (κ3) is 4.49. The molecular weight excluding hydrogens is 391 g/mol. The van der Waals surface area contributed by atoms with Crippen LogP contribution in [0.5, 0.6) is 5.75 Å². The second-order valence-corrected chi connectivity index (χ2v) is 7.80. The van der Waals surface area contributed by atoms with E-state index in [9.17, 15) is 21.6 Å². The lowest BCUT2D eigenvalue weighted by Gasteiger charge is -2.26. The highest BCUT2D eigenvalue weighted by molar-refractivity contribution is 7.91. The van der Waals surface area contributed by atoms with Gasteiger partial charge in [0.05, 0.1) is 10.6 Å². The van der Waals surface area contributed by atoms with E-state index in [2.05, 4.69) is 5.32 Å². The van der Waals surface area contributed by atoms with Crippen LogP contribution in [-0.2, 0) is 9.84 Å². The van der Waals surface area contributed by atoms with E-state index in [0.29, 0.717) is 12.0 Å². The van der Waals surface area contributed by atoms with Gasteiger partial charge in [0.25, 0.3) is 0 Å². The van der Waals surface area contributed by atoms with E-state index < -0.39 is 27.3 Å². The Morgan fingerprint density at radius 2 is 1.77 bits per heavy atom. The maximum Gasteiger partial charge on any atom is 0.178 e. The predicted octanol–water partition coefficient (Wildman–Crippen LogP) is 3.41. The molecule has 0 amide bonds. The fourth-order valence-electron chi connectivity index (χ4n) is 2.81. The Balaban J connectivity index is 0.00000243. The number of hydrogen-bond acceptors (Lipinski definition) is 4. The quantitative estimate of drug-likeness (QED) is 0.609. The summed E-state index contributed by atoms with van der Waals surface area (Å²) in [4.78, 5) is 0.120. The summed E-state index contributed by atoms with van der Waals surface area (Å²) in [5.74, 6) is -2.02. The lowest BCUT2D eigenvalue weighted by Crippen LogP contribution is -2.32. The number of sulfone groups is 1. The first-order valence-electron chi connectivity index (χ1n) is 7.70. The molecule has 0 fully saturated rings. The van der Waals surface area contributed by atoms with Crippen molar-refractivity contribution in [1.29, 1.82) is 0 Å². The lowest BCUT2D eigenvalue weighted by molar-refractivity contribution is 0.288. The zero-order valence-electron chi connectivity index (χ0n) is 13.5. The standard InChI is InChI=1S/C17H16F3NO3S.ClH/c18-11-2-4-17-13(9-11)15(5-8-25(17,22)23)21-6-7-24-16-10-12(19)1-3-14(16)20;/h1-4,9-10,15,21H,5-8H2;1H. The lowest BCUT2D eigenvalue weighted by atomic mass is 10.0. The average Bonchev–Trinajstić information content (AvgIpc) is 2.56. The molecule has 2 aromatic rings. The van der Waals surface area contributed by atoms with E-state index >= 15 is 0 Å². The van der Waals surface area contributed by atoms with Gasteiger partial charge in [-0.2, -0.15) is 0 Å². The van der Waals surface area contributed by atoms with Gasteiger partial charge in [-0.25, -0.2) is 21.6 Å². The van der Waals surface area contributed by atoms with E-state index in [1.54, 1.807) is 0 Å². The van der Waals surface area contributed by atoms with Crippen LogP contribution in [0, 0.1) is 17.5 Å². The summed E-state index contributed by atoms with van der Waals surface area (Å²) >= 11 is 0. The molecule has 0 radical (unpaired) electrons. The summed E-state index contributed by atoms with van der Waals surface area (Å²) in [6.07, 6.45) is 0.299. The normalized spacial score (nSPS) is 17.9. The van der Waals surface area contributed by atoms with Crippen LogP contribution in [0.3, 0.4) is 0 Å². The second-order valence-electron chi connectivity index (χ2n) is 5.72. The zero-order valence-corrected chi connectivity index (χ0v) is 15.2. The van der Waals surface area contributed by atoms with Gasteiger partial charge in [-0.1, -0.05) is 0 Å². The van der Waals surface area contributed by atoms with Gasteiger partial charge in [0.15, 0.2) is 21.4 Å². The minimum atomic E-state index is -3.40. The molecule has 142 valence electrons. The average molecular weight is 408 g/mol. The molecule has 0 aliphatic carbocycles. The number of rotatable bonds is 5. The molecule has 1 unspecified atom stereocenters. The first kappa shape index (κ1) is 20.5. The molecule has 2 aromatic carbocycles. The van der Waals surface area contributed by atoms with Gasteiger partial charge in [-0.3, -0.25) is 0 Å². The second kappa shape index (κ2) is 8.28. The maximum atomic E-state index is 13.5. The Morgan fingerprint density at radius 1 is 1.08 bits per heavy atom. The van der Waals surface area contributed by atoms with E-state index in [4.69, 9.17) is 4.74 Å². The Kier molecular flexibility index (Phi) is 6.54. The largest absolute Gasteiger partial charge is 0.489 e. The van der Waals surface area contributed by atoms with Crippen LogP contribution < -0.4 is 10.1 Å². The van der Waals surface area contributed by atoms with E-state index in [0.717, 1.165) is 24.3 Å². The van der Waals surface area contributed by atoms with Crippen molar-refractivity contribution in [3.8, 4) is 5.75 Å². The molecule has 0 aromatic heterocycles. The van der Waals surface area contributed by atoms with Gasteiger partial charge >= 0.3 is 0 Å². The van der Waals surface area contributed by atoms with Crippen molar-refractivity contribution in [2.75, 3.05) is 18.9 Å². The predicted molar refractivity (Wildman–Crippen MR) is 92.9 cm³/mol. The van der Waals surface area contributed by atoms with Gasteiger partial charge in [-0.05, 0) is 42.3 Å². The Morgan fingerprint density at radius 3 is 2.54 bits per heavy atom. The summed E-state index contributed by atoms with van der Waals surface area (Å²) in [6, 6.07) is 6.16. The highest BCUT2D eigenvalue weighted by Crippen LogP contribution is 2.32. The molecule has 1 N–H and O–H groups in total. The summed E-state index contributed by atoms with van der Waals surface area (Å²) in [6.45, 7) is 0.310. The number of hydrogen-bond donors (Lipinski definition) is 1. The molecule has 1 aliphatic heterocycles. The van der Waals surface area contributed by atoms with Crippen molar-refractivity contribution < 1.29 is 26.3 Å². The van der Waals surface area contributed by atoms with E-state index in [1.165, 1.54) is 12.1 Å². The number of ether oxygens (including phenoxy) is 1. The first-order chi connectivity index (χ1) is 11.9.